The molecule has 6 heteroatoms. The highest BCUT2D eigenvalue weighted by molar-refractivity contribution is 5.94. The van der Waals surface area contributed by atoms with Crippen molar-refractivity contribution in [2.75, 3.05) is 14.2 Å². The van der Waals surface area contributed by atoms with Crippen molar-refractivity contribution >= 4 is 5.91 Å². The molecule has 1 fully saturated rings. The van der Waals surface area contributed by atoms with E-state index in [1.807, 2.05) is 58.1 Å². The first-order valence-corrected chi connectivity index (χ1v) is 9.30. The predicted molar refractivity (Wildman–Crippen MR) is 106 cm³/mol. The molecule has 1 aromatic heterocycles. The van der Waals surface area contributed by atoms with Crippen molar-refractivity contribution in [1.29, 1.82) is 0 Å². The van der Waals surface area contributed by atoms with Crippen LogP contribution in [0.3, 0.4) is 0 Å². The topological polar surface area (TPSA) is 56.6 Å². The van der Waals surface area contributed by atoms with Crippen LogP contribution in [0.25, 0.3) is 5.69 Å². The van der Waals surface area contributed by atoms with Gasteiger partial charge in [-0.15, -0.1) is 0 Å². The highest BCUT2D eigenvalue weighted by atomic mass is 16.5. The third-order valence-electron chi connectivity index (χ3n) is 4.99. The molecule has 0 unspecified atom stereocenters. The van der Waals surface area contributed by atoms with Crippen LogP contribution in [0.5, 0.6) is 11.5 Å². The van der Waals surface area contributed by atoms with Gasteiger partial charge in [-0.2, -0.15) is 0 Å². The summed E-state index contributed by atoms with van der Waals surface area (Å²) in [5.41, 5.74) is 2.59. The number of ether oxygens (including phenoxy) is 2. The molecule has 0 saturated heterocycles. The smallest absolute Gasteiger partial charge is 0.254 e. The fourth-order valence-corrected chi connectivity index (χ4v) is 3.30. The fraction of sp³-hybridized carbons (Fsp3) is 0.273. The predicted octanol–water partition coefficient (Wildman–Crippen LogP) is 3.69. The number of rotatable bonds is 7. The number of aromatic nitrogens is 2. The molecular weight excluding hydrogens is 354 g/mol. The van der Waals surface area contributed by atoms with E-state index in [1.165, 1.54) is 0 Å². The van der Waals surface area contributed by atoms with E-state index in [0.29, 0.717) is 12.1 Å². The van der Waals surface area contributed by atoms with Crippen molar-refractivity contribution in [2.24, 2.45) is 0 Å². The quantitative estimate of drug-likeness (QED) is 0.630. The third-order valence-corrected chi connectivity index (χ3v) is 4.99. The largest absolute Gasteiger partial charge is 0.497 e. The van der Waals surface area contributed by atoms with Crippen LogP contribution in [-0.4, -0.2) is 40.6 Å². The Hall–Kier alpha value is -3.28. The minimum absolute atomic E-state index is 0.0320. The summed E-state index contributed by atoms with van der Waals surface area (Å²) in [6.45, 7) is 0.493. The molecule has 1 saturated carbocycles. The molecule has 3 aromatic rings. The van der Waals surface area contributed by atoms with Crippen molar-refractivity contribution in [3.8, 4) is 17.2 Å². The number of benzene rings is 2. The van der Waals surface area contributed by atoms with Crippen LogP contribution < -0.4 is 9.47 Å². The monoisotopic (exact) mass is 377 g/mol. The zero-order valence-electron chi connectivity index (χ0n) is 16.0. The van der Waals surface area contributed by atoms with Crippen LogP contribution in [0.15, 0.2) is 61.2 Å². The van der Waals surface area contributed by atoms with Gasteiger partial charge in [0.2, 0.25) is 0 Å². The summed E-state index contributed by atoms with van der Waals surface area (Å²) in [4.78, 5) is 19.2. The molecule has 1 aliphatic rings. The van der Waals surface area contributed by atoms with Gasteiger partial charge < -0.3 is 18.9 Å². The second kappa shape index (κ2) is 7.76. The van der Waals surface area contributed by atoms with E-state index in [2.05, 4.69) is 4.98 Å². The van der Waals surface area contributed by atoms with Gasteiger partial charge in [0.1, 0.15) is 11.5 Å². The maximum Gasteiger partial charge on any atom is 0.254 e. The van der Waals surface area contributed by atoms with Crippen LogP contribution in [0.4, 0.5) is 0 Å². The van der Waals surface area contributed by atoms with Gasteiger partial charge in [-0.1, -0.05) is 0 Å². The van der Waals surface area contributed by atoms with Gasteiger partial charge in [-0.3, -0.25) is 4.79 Å². The first-order chi connectivity index (χ1) is 13.7. The number of hydrogen-bond acceptors (Lipinski definition) is 4. The lowest BCUT2D eigenvalue weighted by atomic mass is 10.1. The molecule has 1 heterocycles. The fourth-order valence-electron chi connectivity index (χ4n) is 3.30. The Kier molecular flexibility index (Phi) is 5.02. The second-order valence-electron chi connectivity index (χ2n) is 6.86. The number of hydrogen-bond donors (Lipinski definition) is 0. The number of imidazole rings is 1. The van der Waals surface area contributed by atoms with Crippen LogP contribution >= 0.6 is 0 Å². The van der Waals surface area contributed by atoms with Gasteiger partial charge in [-0.25, -0.2) is 4.98 Å². The average Bonchev–Trinajstić information content (AvgIpc) is 3.44. The Morgan fingerprint density at radius 2 is 1.93 bits per heavy atom. The van der Waals surface area contributed by atoms with E-state index in [0.717, 1.165) is 35.6 Å². The summed E-state index contributed by atoms with van der Waals surface area (Å²) in [5, 5.41) is 0. The lowest BCUT2D eigenvalue weighted by Gasteiger charge is -2.24. The number of methoxy groups -OCH3 is 2. The molecule has 144 valence electrons. The van der Waals surface area contributed by atoms with Crippen LogP contribution in [0, 0.1) is 0 Å². The van der Waals surface area contributed by atoms with E-state index < -0.39 is 0 Å². The molecule has 28 heavy (non-hydrogen) atoms. The van der Waals surface area contributed by atoms with E-state index >= 15 is 0 Å². The van der Waals surface area contributed by atoms with Gasteiger partial charge in [0.05, 0.1) is 27.1 Å². The van der Waals surface area contributed by atoms with Gasteiger partial charge in [0, 0.05) is 35.2 Å². The summed E-state index contributed by atoms with van der Waals surface area (Å²) in [6.07, 6.45) is 7.41. The molecule has 0 aliphatic heterocycles. The maximum atomic E-state index is 13.2. The molecule has 6 nitrogen and oxygen atoms in total. The molecule has 0 spiro atoms. The molecule has 4 rings (SSSR count). The first kappa shape index (κ1) is 18.1. The minimum Gasteiger partial charge on any atom is -0.497 e. The van der Waals surface area contributed by atoms with E-state index in [1.54, 1.807) is 26.7 Å². The van der Waals surface area contributed by atoms with Crippen LogP contribution in [0.2, 0.25) is 0 Å². The SMILES string of the molecule is COc1ccc(OC)c(CN(C(=O)c2ccc(-n3ccnc3)cc2)C2CC2)c1. The second-order valence-corrected chi connectivity index (χ2v) is 6.86. The molecule has 1 aliphatic carbocycles. The van der Waals surface area contributed by atoms with Crippen LogP contribution in [-0.2, 0) is 6.54 Å². The van der Waals surface area contributed by atoms with E-state index in [-0.39, 0.29) is 11.9 Å². The molecule has 2 aromatic carbocycles. The van der Waals surface area contributed by atoms with Gasteiger partial charge in [0.25, 0.3) is 5.91 Å². The molecular formula is C22H23N3O3. The average molecular weight is 377 g/mol. The Bertz CT molecular complexity index is 948. The Morgan fingerprint density at radius 3 is 2.54 bits per heavy atom. The molecule has 0 N–H and O–H groups in total. The molecule has 0 atom stereocenters. The molecule has 1 amide bonds. The zero-order valence-corrected chi connectivity index (χ0v) is 16.0. The van der Waals surface area contributed by atoms with Gasteiger partial charge >= 0.3 is 0 Å². The molecule has 0 radical (unpaired) electrons. The summed E-state index contributed by atoms with van der Waals surface area (Å²) < 4.78 is 12.7. The zero-order chi connectivity index (χ0) is 19.5. The lowest BCUT2D eigenvalue weighted by molar-refractivity contribution is 0.0728. The normalized spacial score (nSPS) is 13.2. The Balaban J connectivity index is 1.57. The number of amides is 1. The third kappa shape index (κ3) is 3.71. The standard InChI is InChI=1S/C22H23N3O3/c1-27-20-9-10-21(28-2)17(13-20)14-25(19-7-8-19)22(26)16-3-5-18(6-4-16)24-12-11-23-15-24/h3-6,9-13,15,19H,7-8,14H2,1-2H3. The van der Waals surface area contributed by atoms with E-state index in [9.17, 15) is 4.79 Å². The summed E-state index contributed by atoms with van der Waals surface area (Å²) in [6, 6.07) is 13.6. The number of carbonyl (C=O) groups is 1. The number of carbonyl (C=O) groups excluding carboxylic acids is 1. The highest BCUT2D eigenvalue weighted by Crippen LogP contribution is 2.33. The van der Waals surface area contributed by atoms with Crippen molar-refractivity contribution in [2.45, 2.75) is 25.4 Å². The maximum absolute atomic E-state index is 13.2. The van der Waals surface area contributed by atoms with Crippen molar-refractivity contribution in [3.63, 3.8) is 0 Å². The van der Waals surface area contributed by atoms with Gasteiger partial charge in [0.15, 0.2) is 0 Å². The highest BCUT2D eigenvalue weighted by Gasteiger charge is 2.33. The van der Waals surface area contributed by atoms with Crippen LogP contribution in [0.1, 0.15) is 28.8 Å². The summed E-state index contributed by atoms with van der Waals surface area (Å²) >= 11 is 0. The summed E-state index contributed by atoms with van der Waals surface area (Å²) in [7, 11) is 3.28. The van der Waals surface area contributed by atoms with E-state index in [4.69, 9.17) is 9.47 Å². The van der Waals surface area contributed by atoms with Crippen molar-refractivity contribution < 1.29 is 14.3 Å². The molecule has 0 bridgehead atoms. The van der Waals surface area contributed by atoms with Crippen molar-refractivity contribution in [1.82, 2.24) is 14.5 Å². The Labute approximate surface area is 164 Å². The Morgan fingerprint density at radius 1 is 1.14 bits per heavy atom. The van der Waals surface area contributed by atoms with Crippen molar-refractivity contribution in [3.05, 3.63) is 72.3 Å². The number of nitrogens with zero attached hydrogens (tertiary/aromatic N) is 3. The minimum atomic E-state index is 0.0320. The lowest BCUT2D eigenvalue weighted by Crippen LogP contribution is -2.32. The summed E-state index contributed by atoms with van der Waals surface area (Å²) in [5.74, 6) is 1.54. The van der Waals surface area contributed by atoms with Gasteiger partial charge in [-0.05, 0) is 55.3 Å². The first-order valence-electron chi connectivity index (χ1n) is 9.30.